The number of rotatable bonds is 0. The first kappa shape index (κ1) is 9.18. The summed E-state index contributed by atoms with van der Waals surface area (Å²) < 4.78 is 2.41. The van der Waals surface area contributed by atoms with E-state index in [-0.39, 0.29) is 0 Å². The highest BCUT2D eigenvalue weighted by molar-refractivity contribution is 14.1. The Morgan fingerprint density at radius 1 is 1.08 bits per heavy atom. The average Bonchev–Trinajstić information content (AvgIpc) is 2.03. The van der Waals surface area contributed by atoms with Gasteiger partial charge in [-0.05, 0) is 7.05 Å². The van der Waals surface area contributed by atoms with E-state index >= 15 is 0 Å². The second-order valence-corrected chi connectivity index (χ2v) is 5.19. The molecule has 1 atom stereocenters. The van der Waals surface area contributed by atoms with E-state index in [9.17, 15) is 0 Å². The largest absolute Gasteiger partial charge is 0.303 e. The van der Waals surface area contributed by atoms with Crippen LogP contribution in [0.2, 0.25) is 0 Å². The van der Waals surface area contributed by atoms with Gasteiger partial charge in [-0.2, -0.15) is 0 Å². The Morgan fingerprint density at radius 2 is 1.83 bits per heavy atom. The Labute approximate surface area is 88.2 Å². The van der Waals surface area contributed by atoms with Crippen molar-refractivity contribution in [1.82, 2.24) is 12.9 Å². The topological polar surface area (TPSA) is 9.72 Å². The number of nitrogens with zero attached hydrogens (tertiary/aromatic N) is 3. The minimum absolute atomic E-state index is 0.786. The zero-order valence-corrected chi connectivity index (χ0v) is 9.70. The van der Waals surface area contributed by atoms with E-state index in [0.29, 0.717) is 0 Å². The molecule has 0 aromatic heterocycles. The van der Waals surface area contributed by atoms with Gasteiger partial charge in [-0.15, -0.1) is 0 Å². The van der Waals surface area contributed by atoms with Crippen molar-refractivity contribution in [3.8, 4) is 0 Å². The number of hydrogen-bond acceptors (Lipinski definition) is 3. The van der Waals surface area contributed by atoms with Crippen LogP contribution in [-0.4, -0.2) is 65.3 Å². The molecular weight excluding hydrogens is 265 g/mol. The number of halogens is 1. The van der Waals surface area contributed by atoms with Crippen molar-refractivity contribution in [3.63, 3.8) is 0 Å². The quantitative estimate of drug-likeness (QED) is 0.466. The molecule has 0 spiro atoms. The summed E-state index contributed by atoms with van der Waals surface area (Å²) >= 11 is 2.44. The van der Waals surface area contributed by atoms with Gasteiger partial charge in [-0.25, -0.2) is 3.11 Å². The third-order valence-corrected chi connectivity index (χ3v) is 3.72. The molecule has 2 aliphatic rings. The maximum atomic E-state index is 2.63. The summed E-state index contributed by atoms with van der Waals surface area (Å²) in [5, 5.41) is 0. The third-order valence-electron chi connectivity index (χ3n) is 2.85. The molecule has 12 heavy (non-hydrogen) atoms. The normalized spacial score (nSPS) is 35.0. The second-order valence-electron chi connectivity index (χ2n) is 3.82. The molecule has 0 bridgehead atoms. The van der Waals surface area contributed by atoms with Crippen LogP contribution in [0.5, 0.6) is 0 Å². The van der Waals surface area contributed by atoms with Crippen LogP contribution in [0.25, 0.3) is 0 Å². The predicted molar refractivity (Wildman–Crippen MR) is 58.5 cm³/mol. The third kappa shape index (κ3) is 1.92. The fourth-order valence-corrected chi connectivity index (χ4v) is 2.74. The van der Waals surface area contributed by atoms with Crippen LogP contribution >= 0.6 is 22.9 Å². The van der Waals surface area contributed by atoms with Gasteiger partial charge in [-0.3, -0.25) is 4.90 Å². The van der Waals surface area contributed by atoms with Crippen molar-refractivity contribution in [3.05, 3.63) is 0 Å². The molecule has 0 N–H and O–H groups in total. The van der Waals surface area contributed by atoms with E-state index in [0.717, 1.165) is 6.04 Å². The molecular formula is C8H16IN3. The van der Waals surface area contributed by atoms with Gasteiger partial charge in [-0.1, -0.05) is 0 Å². The van der Waals surface area contributed by atoms with E-state index in [2.05, 4.69) is 42.8 Å². The van der Waals surface area contributed by atoms with Gasteiger partial charge in [0, 0.05) is 68.2 Å². The number of piperazine rings is 2. The van der Waals surface area contributed by atoms with E-state index < -0.39 is 0 Å². The maximum Gasteiger partial charge on any atom is 0.0359 e. The molecule has 1 unspecified atom stereocenters. The number of hydrogen-bond donors (Lipinski definition) is 0. The summed E-state index contributed by atoms with van der Waals surface area (Å²) in [6, 6.07) is 0.786. The second kappa shape index (κ2) is 3.77. The molecule has 2 heterocycles. The standard InChI is InChI=1S/C8H16IN3/c1-10-2-3-11-4-5-12(9)7-8(11)6-10/h8H,2-7H2,1H3. The van der Waals surface area contributed by atoms with Crippen molar-refractivity contribution in [2.75, 3.05) is 46.3 Å². The van der Waals surface area contributed by atoms with E-state index in [1.807, 2.05) is 0 Å². The van der Waals surface area contributed by atoms with E-state index in [1.54, 1.807) is 0 Å². The van der Waals surface area contributed by atoms with Crippen molar-refractivity contribution in [2.45, 2.75) is 6.04 Å². The zero-order chi connectivity index (χ0) is 8.55. The molecule has 0 amide bonds. The van der Waals surface area contributed by atoms with Gasteiger partial charge in [0.15, 0.2) is 0 Å². The molecule has 2 rings (SSSR count). The summed E-state index contributed by atoms with van der Waals surface area (Å²) in [7, 11) is 2.23. The molecule has 0 radical (unpaired) electrons. The SMILES string of the molecule is CN1CCN2CCN(I)CC2C1. The molecule has 2 saturated heterocycles. The lowest BCUT2D eigenvalue weighted by Crippen LogP contribution is -2.59. The lowest BCUT2D eigenvalue weighted by Gasteiger charge is -2.44. The number of fused-ring (bicyclic) bond motifs is 1. The van der Waals surface area contributed by atoms with E-state index in [1.165, 1.54) is 39.3 Å². The zero-order valence-electron chi connectivity index (χ0n) is 7.54. The predicted octanol–water partition coefficient (Wildman–Crippen LogP) is 0.268. The molecule has 2 fully saturated rings. The highest BCUT2D eigenvalue weighted by Gasteiger charge is 2.29. The van der Waals surface area contributed by atoms with Crippen LogP contribution in [0.3, 0.4) is 0 Å². The van der Waals surface area contributed by atoms with Gasteiger partial charge in [0.25, 0.3) is 0 Å². The lowest BCUT2D eigenvalue weighted by atomic mass is 10.1. The Balaban J connectivity index is 1.94. The summed E-state index contributed by atoms with van der Waals surface area (Å²) in [5.41, 5.74) is 0. The van der Waals surface area contributed by atoms with Crippen LogP contribution in [0.1, 0.15) is 0 Å². The molecule has 2 aliphatic heterocycles. The van der Waals surface area contributed by atoms with Crippen LogP contribution in [-0.2, 0) is 0 Å². The molecule has 0 aromatic carbocycles. The Bertz CT molecular complexity index is 148. The van der Waals surface area contributed by atoms with Crippen molar-refractivity contribution in [1.29, 1.82) is 0 Å². The monoisotopic (exact) mass is 281 g/mol. The minimum Gasteiger partial charge on any atom is -0.303 e. The summed E-state index contributed by atoms with van der Waals surface area (Å²) in [4.78, 5) is 5.08. The van der Waals surface area contributed by atoms with Crippen LogP contribution in [0, 0.1) is 0 Å². The molecule has 70 valence electrons. The first-order chi connectivity index (χ1) is 5.75. The Hall–Kier alpha value is 0.610. The van der Waals surface area contributed by atoms with Gasteiger partial charge >= 0.3 is 0 Å². The summed E-state index contributed by atoms with van der Waals surface area (Å²) in [6.45, 7) is 7.51. The Kier molecular flexibility index (Phi) is 2.89. The summed E-state index contributed by atoms with van der Waals surface area (Å²) in [5.74, 6) is 0. The van der Waals surface area contributed by atoms with Gasteiger partial charge in [0.1, 0.15) is 0 Å². The molecule has 0 aliphatic carbocycles. The van der Waals surface area contributed by atoms with Crippen molar-refractivity contribution >= 4 is 22.9 Å². The molecule has 4 heteroatoms. The van der Waals surface area contributed by atoms with E-state index in [4.69, 9.17) is 0 Å². The molecule has 0 saturated carbocycles. The van der Waals surface area contributed by atoms with Crippen LogP contribution in [0.15, 0.2) is 0 Å². The van der Waals surface area contributed by atoms with Crippen molar-refractivity contribution < 1.29 is 0 Å². The Morgan fingerprint density at radius 3 is 2.67 bits per heavy atom. The fraction of sp³-hybridized carbons (Fsp3) is 1.00. The number of likely N-dealkylation sites (N-methyl/N-ethyl adjacent to an activating group) is 1. The van der Waals surface area contributed by atoms with Gasteiger partial charge < -0.3 is 4.90 Å². The summed E-state index contributed by atoms with van der Waals surface area (Å²) in [6.07, 6.45) is 0. The average molecular weight is 281 g/mol. The maximum absolute atomic E-state index is 2.63. The smallest absolute Gasteiger partial charge is 0.0359 e. The van der Waals surface area contributed by atoms with Gasteiger partial charge in [0.05, 0.1) is 0 Å². The lowest BCUT2D eigenvalue weighted by molar-refractivity contribution is 0.0540. The minimum atomic E-state index is 0.786. The van der Waals surface area contributed by atoms with Gasteiger partial charge in [0.2, 0.25) is 0 Å². The highest BCUT2D eigenvalue weighted by atomic mass is 127. The molecule has 0 aromatic rings. The highest BCUT2D eigenvalue weighted by Crippen LogP contribution is 2.16. The van der Waals surface area contributed by atoms with Crippen LogP contribution < -0.4 is 0 Å². The first-order valence-corrected chi connectivity index (χ1v) is 5.55. The fourth-order valence-electron chi connectivity index (χ4n) is 2.07. The van der Waals surface area contributed by atoms with Crippen molar-refractivity contribution in [2.24, 2.45) is 0 Å². The van der Waals surface area contributed by atoms with Crippen LogP contribution in [0.4, 0.5) is 0 Å². The molecule has 3 nitrogen and oxygen atoms in total. The first-order valence-electron chi connectivity index (χ1n) is 4.59.